The molecule has 0 radical (unpaired) electrons. The summed E-state index contributed by atoms with van der Waals surface area (Å²) in [5, 5.41) is 21.6. The number of H-pyrrole nitrogens is 1. The molecule has 130 valence electrons. The van der Waals surface area contributed by atoms with Gasteiger partial charge in [0.1, 0.15) is 12.3 Å². The van der Waals surface area contributed by atoms with Gasteiger partial charge in [-0.15, -0.1) is 0 Å². The van der Waals surface area contributed by atoms with Crippen LogP contribution >= 0.6 is 0 Å². The number of fused-ring (bicyclic) bond motifs is 1. The maximum absolute atomic E-state index is 12.1. The van der Waals surface area contributed by atoms with Crippen LogP contribution in [0.2, 0.25) is 0 Å². The van der Waals surface area contributed by atoms with Crippen molar-refractivity contribution in [2.75, 3.05) is 11.9 Å². The van der Waals surface area contributed by atoms with Gasteiger partial charge >= 0.3 is 0 Å². The highest BCUT2D eigenvalue weighted by Gasteiger charge is 2.35. The zero-order chi connectivity index (χ0) is 17.4. The maximum Gasteiger partial charge on any atom is 0.280 e. The van der Waals surface area contributed by atoms with Gasteiger partial charge in [0, 0.05) is 12.3 Å². The Morgan fingerprint density at radius 2 is 2.33 bits per heavy atom. The van der Waals surface area contributed by atoms with Crippen molar-refractivity contribution >= 4 is 23.0 Å². The molecule has 1 fully saturated rings. The lowest BCUT2D eigenvalue weighted by molar-refractivity contribution is -0.118. The molecule has 1 amide bonds. The van der Waals surface area contributed by atoms with Crippen LogP contribution in [0.3, 0.4) is 0 Å². The predicted octanol–water partition coefficient (Wildman–Crippen LogP) is -0.645. The third-order valence-corrected chi connectivity index (χ3v) is 3.89. The van der Waals surface area contributed by atoms with Crippen LogP contribution in [-0.4, -0.2) is 54.5 Å². The van der Waals surface area contributed by atoms with Gasteiger partial charge in [0.25, 0.3) is 5.56 Å². The molecule has 0 bridgehead atoms. The number of aromatic nitrogens is 4. The number of carbonyl (C=O) groups is 1. The number of nitrogens with zero attached hydrogens (tertiary/aromatic N) is 3. The summed E-state index contributed by atoms with van der Waals surface area (Å²) in [6.45, 7) is 3.13. The van der Waals surface area contributed by atoms with Gasteiger partial charge in [-0.3, -0.25) is 24.5 Å². The van der Waals surface area contributed by atoms with Crippen molar-refractivity contribution in [3.63, 3.8) is 0 Å². The van der Waals surface area contributed by atoms with E-state index in [1.165, 1.54) is 10.9 Å². The number of ether oxygens (including phenoxy) is 1. The maximum atomic E-state index is 12.1. The second kappa shape index (κ2) is 6.30. The summed E-state index contributed by atoms with van der Waals surface area (Å²) in [6.07, 6.45) is -0.504. The van der Waals surface area contributed by atoms with Crippen LogP contribution in [0.4, 0.5) is 5.95 Å². The summed E-state index contributed by atoms with van der Waals surface area (Å²) in [5.74, 6) is -0.531. The molecule has 0 spiro atoms. The summed E-state index contributed by atoms with van der Waals surface area (Å²) in [6, 6.07) is 0. The number of rotatable bonds is 4. The van der Waals surface area contributed by atoms with Gasteiger partial charge in [-0.2, -0.15) is 4.98 Å². The van der Waals surface area contributed by atoms with E-state index < -0.39 is 24.0 Å². The smallest absolute Gasteiger partial charge is 0.280 e. The van der Waals surface area contributed by atoms with Crippen LogP contribution in [-0.2, 0) is 9.53 Å². The first-order valence-electron chi connectivity index (χ1n) is 7.62. The van der Waals surface area contributed by atoms with Crippen molar-refractivity contribution < 1.29 is 19.7 Å². The topological polar surface area (TPSA) is 142 Å². The molecule has 1 aliphatic rings. The first-order chi connectivity index (χ1) is 11.4. The van der Waals surface area contributed by atoms with Crippen molar-refractivity contribution in [3.05, 3.63) is 16.7 Å². The average molecular weight is 337 g/mol. The Morgan fingerprint density at radius 1 is 1.58 bits per heavy atom. The van der Waals surface area contributed by atoms with Crippen LogP contribution in [0.15, 0.2) is 11.1 Å². The number of hydrogen-bond acceptors (Lipinski definition) is 7. The van der Waals surface area contributed by atoms with E-state index in [1.807, 2.05) is 0 Å². The fraction of sp³-hybridized carbons (Fsp3) is 0.571. The molecule has 3 heterocycles. The highest BCUT2D eigenvalue weighted by molar-refractivity contribution is 5.91. The van der Waals surface area contributed by atoms with E-state index in [1.54, 1.807) is 13.8 Å². The van der Waals surface area contributed by atoms with Crippen molar-refractivity contribution in [2.24, 2.45) is 5.92 Å². The fourth-order valence-corrected chi connectivity index (χ4v) is 2.51. The number of aliphatic hydroxyl groups is 2. The van der Waals surface area contributed by atoms with E-state index in [2.05, 4.69) is 20.3 Å². The van der Waals surface area contributed by atoms with Gasteiger partial charge in [-0.25, -0.2) is 4.98 Å². The van der Waals surface area contributed by atoms with E-state index in [9.17, 15) is 19.8 Å². The number of amides is 1. The minimum absolute atomic E-state index is 0.0187. The summed E-state index contributed by atoms with van der Waals surface area (Å²) < 4.78 is 7.07. The molecule has 10 heteroatoms. The number of aliphatic hydroxyl groups excluding tert-OH is 2. The second-order valence-corrected chi connectivity index (χ2v) is 6.00. The van der Waals surface area contributed by atoms with Gasteiger partial charge < -0.3 is 14.9 Å². The second-order valence-electron chi connectivity index (χ2n) is 6.00. The van der Waals surface area contributed by atoms with E-state index in [0.29, 0.717) is 0 Å². The summed E-state index contributed by atoms with van der Waals surface area (Å²) in [7, 11) is 0. The highest BCUT2D eigenvalue weighted by atomic mass is 16.5. The lowest BCUT2D eigenvalue weighted by atomic mass is 10.2. The first kappa shape index (κ1) is 16.6. The van der Waals surface area contributed by atoms with Crippen LogP contribution in [0.25, 0.3) is 11.2 Å². The SMILES string of the molecule is CC(C)C(=O)Nc1nc2c(ncn2[C@H]2CC(O)[C@@H](CO)O2)c(=O)[nH]1. The predicted molar refractivity (Wildman–Crippen MR) is 83.2 cm³/mol. The molecule has 1 saturated heterocycles. The summed E-state index contributed by atoms with van der Waals surface area (Å²) >= 11 is 0. The van der Waals surface area contributed by atoms with Crippen LogP contribution < -0.4 is 10.9 Å². The normalized spacial score (nSPS) is 24.0. The molecule has 2 aromatic rings. The number of anilines is 1. The Labute approximate surface area is 136 Å². The number of hydrogen-bond donors (Lipinski definition) is 4. The van der Waals surface area contributed by atoms with Gasteiger partial charge in [0.05, 0.1) is 19.0 Å². The Bertz CT molecular complexity index is 813. The molecular formula is C14H19N5O5. The zero-order valence-electron chi connectivity index (χ0n) is 13.3. The molecule has 10 nitrogen and oxygen atoms in total. The summed E-state index contributed by atoms with van der Waals surface area (Å²) in [5.41, 5.74) is -0.160. The standard InChI is InChI=1S/C14H19N5O5/c1-6(2)12(22)17-14-16-11-10(13(23)18-14)15-5-19(11)9-3-7(21)8(4-20)24-9/h5-9,20-21H,3-4H2,1-2H3,(H2,16,17,18,22,23)/t7?,8-,9-/m1/s1. The average Bonchev–Trinajstić information content (AvgIpc) is 3.10. The van der Waals surface area contributed by atoms with Gasteiger partial charge in [0.15, 0.2) is 11.2 Å². The molecule has 0 aromatic carbocycles. The van der Waals surface area contributed by atoms with Crippen LogP contribution in [0.5, 0.6) is 0 Å². The van der Waals surface area contributed by atoms with Crippen molar-refractivity contribution in [3.8, 4) is 0 Å². The first-order valence-corrected chi connectivity index (χ1v) is 7.62. The highest BCUT2D eigenvalue weighted by Crippen LogP contribution is 2.30. The summed E-state index contributed by atoms with van der Waals surface area (Å²) in [4.78, 5) is 34.6. The lowest BCUT2D eigenvalue weighted by Gasteiger charge is -2.14. The van der Waals surface area contributed by atoms with Crippen molar-refractivity contribution in [1.29, 1.82) is 0 Å². The molecule has 4 N–H and O–H groups in total. The number of aromatic amines is 1. The van der Waals surface area contributed by atoms with E-state index in [-0.39, 0.29) is 42.0 Å². The monoisotopic (exact) mass is 337 g/mol. The van der Waals surface area contributed by atoms with E-state index in [4.69, 9.17) is 4.74 Å². The Balaban J connectivity index is 1.97. The third kappa shape index (κ3) is 2.90. The molecule has 24 heavy (non-hydrogen) atoms. The minimum atomic E-state index is -0.820. The van der Waals surface area contributed by atoms with Crippen LogP contribution in [0, 0.1) is 5.92 Å². The Kier molecular flexibility index (Phi) is 4.35. The molecule has 0 saturated carbocycles. The van der Waals surface area contributed by atoms with E-state index in [0.717, 1.165) is 0 Å². The molecule has 3 atom stereocenters. The van der Waals surface area contributed by atoms with Gasteiger partial charge in [-0.05, 0) is 0 Å². The molecule has 0 aliphatic carbocycles. The Hall–Kier alpha value is -2.30. The van der Waals surface area contributed by atoms with E-state index >= 15 is 0 Å². The lowest BCUT2D eigenvalue weighted by Crippen LogP contribution is -2.24. The van der Waals surface area contributed by atoms with Crippen LogP contribution in [0.1, 0.15) is 26.5 Å². The molecule has 1 unspecified atom stereocenters. The van der Waals surface area contributed by atoms with Crippen molar-refractivity contribution in [1.82, 2.24) is 19.5 Å². The number of nitrogens with one attached hydrogen (secondary N) is 2. The number of carbonyl (C=O) groups excluding carboxylic acids is 1. The minimum Gasteiger partial charge on any atom is -0.394 e. The fourth-order valence-electron chi connectivity index (χ4n) is 2.51. The third-order valence-electron chi connectivity index (χ3n) is 3.89. The molecule has 3 rings (SSSR count). The van der Waals surface area contributed by atoms with Gasteiger partial charge in [0.2, 0.25) is 11.9 Å². The molecule has 1 aliphatic heterocycles. The Morgan fingerprint density at radius 3 is 2.96 bits per heavy atom. The zero-order valence-corrected chi connectivity index (χ0v) is 13.3. The quantitative estimate of drug-likeness (QED) is 0.581. The number of imidazole rings is 1. The molecular weight excluding hydrogens is 318 g/mol. The molecule has 2 aromatic heterocycles. The largest absolute Gasteiger partial charge is 0.394 e. The van der Waals surface area contributed by atoms with Gasteiger partial charge in [-0.1, -0.05) is 13.8 Å². The van der Waals surface area contributed by atoms with Crippen molar-refractivity contribution in [2.45, 2.75) is 38.7 Å².